The molecule has 0 amide bonds. The molecule has 2 aromatic rings. The van der Waals surface area contributed by atoms with Crippen LogP contribution in [0.25, 0.3) is 0 Å². The smallest absolute Gasteiger partial charge is 0.213 e. The van der Waals surface area contributed by atoms with Crippen molar-refractivity contribution in [3.8, 4) is 11.5 Å². The molecular weight excluding hydrogens is 304 g/mol. The second-order valence-electron chi connectivity index (χ2n) is 3.29. The Hall–Kier alpha value is -1.89. The summed E-state index contributed by atoms with van der Waals surface area (Å²) in [6, 6.07) is 3.23. The summed E-state index contributed by atoms with van der Waals surface area (Å²) in [4.78, 5) is 14.6. The monoisotopic (exact) mass is 312 g/mol. The molecule has 0 aliphatic carbocycles. The highest BCUT2D eigenvalue weighted by atomic mass is 79.9. The molecule has 0 saturated carbocycles. The van der Waals surface area contributed by atoms with Crippen molar-refractivity contribution >= 4 is 22.2 Å². The van der Waals surface area contributed by atoms with Gasteiger partial charge in [0, 0.05) is 5.56 Å². The SMILES string of the molecule is COc1cc(C=O)cc(Br)c1OCc1ncon1. The van der Waals surface area contributed by atoms with Crippen molar-refractivity contribution in [2.75, 3.05) is 7.11 Å². The predicted octanol–water partition coefficient (Wildman–Crippen LogP) is 2.23. The van der Waals surface area contributed by atoms with Crippen molar-refractivity contribution in [3.63, 3.8) is 0 Å². The summed E-state index contributed by atoms with van der Waals surface area (Å²) >= 11 is 3.32. The second-order valence-corrected chi connectivity index (χ2v) is 4.14. The van der Waals surface area contributed by atoms with E-state index in [0.29, 0.717) is 27.4 Å². The van der Waals surface area contributed by atoms with Crippen molar-refractivity contribution in [3.05, 3.63) is 34.4 Å². The molecule has 7 heteroatoms. The molecule has 94 valence electrons. The zero-order valence-electron chi connectivity index (χ0n) is 9.42. The van der Waals surface area contributed by atoms with Crippen LogP contribution in [-0.4, -0.2) is 23.5 Å². The van der Waals surface area contributed by atoms with E-state index in [-0.39, 0.29) is 6.61 Å². The van der Waals surface area contributed by atoms with Gasteiger partial charge in [-0.2, -0.15) is 4.98 Å². The molecule has 0 spiro atoms. The summed E-state index contributed by atoms with van der Waals surface area (Å²) in [5.74, 6) is 1.35. The fourth-order valence-electron chi connectivity index (χ4n) is 1.34. The van der Waals surface area contributed by atoms with Crippen molar-refractivity contribution < 1.29 is 18.8 Å². The maximum atomic E-state index is 10.7. The number of aromatic nitrogens is 2. The molecule has 0 radical (unpaired) electrons. The summed E-state index contributed by atoms with van der Waals surface area (Å²) in [5, 5.41) is 3.63. The molecule has 0 fully saturated rings. The molecular formula is C11H9BrN2O4. The Morgan fingerprint density at radius 1 is 1.50 bits per heavy atom. The van der Waals surface area contributed by atoms with E-state index in [1.165, 1.54) is 13.5 Å². The first-order valence-electron chi connectivity index (χ1n) is 4.95. The van der Waals surface area contributed by atoms with E-state index >= 15 is 0 Å². The normalized spacial score (nSPS) is 10.1. The fraction of sp³-hybridized carbons (Fsp3) is 0.182. The van der Waals surface area contributed by atoms with Gasteiger partial charge in [0.25, 0.3) is 0 Å². The molecule has 1 heterocycles. The van der Waals surface area contributed by atoms with E-state index in [2.05, 4.69) is 30.6 Å². The highest BCUT2D eigenvalue weighted by molar-refractivity contribution is 9.10. The molecule has 6 nitrogen and oxygen atoms in total. The number of aldehydes is 1. The van der Waals surface area contributed by atoms with Crippen LogP contribution < -0.4 is 9.47 Å². The van der Waals surface area contributed by atoms with Gasteiger partial charge in [0.2, 0.25) is 12.2 Å². The van der Waals surface area contributed by atoms with E-state index in [4.69, 9.17) is 9.47 Å². The third kappa shape index (κ3) is 2.67. The molecule has 0 bridgehead atoms. The number of carbonyl (C=O) groups is 1. The van der Waals surface area contributed by atoms with Gasteiger partial charge in [-0.25, -0.2) is 0 Å². The molecule has 1 aromatic heterocycles. The summed E-state index contributed by atoms with van der Waals surface area (Å²) < 4.78 is 15.9. The van der Waals surface area contributed by atoms with Gasteiger partial charge in [0.1, 0.15) is 6.29 Å². The Balaban J connectivity index is 2.23. The van der Waals surface area contributed by atoms with Gasteiger partial charge in [0.05, 0.1) is 11.6 Å². The lowest BCUT2D eigenvalue weighted by molar-refractivity contribution is 0.112. The largest absolute Gasteiger partial charge is 0.493 e. The molecule has 18 heavy (non-hydrogen) atoms. The number of carbonyl (C=O) groups excluding carboxylic acids is 1. The van der Waals surface area contributed by atoms with Crippen molar-refractivity contribution in [2.45, 2.75) is 6.61 Å². The number of rotatable bonds is 5. The quantitative estimate of drug-likeness (QED) is 0.788. The number of methoxy groups -OCH3 is 1. The highest BCUT2D eigenvalue weighted by Crippen LogP contribution is 2.36. The van der Waals surface area contributed by atoms with E-state index < -0.39 is 0 Å². The maximum Gasteiger partial charge on any atom is 0.213 e. The average Bonchev–Trinajstić information content (AvgIpc) is 2.89. The number of halogens is 1. The molecule has 1 aromatic carbocycles. The Bertz CT molecular complexity index is 542. The minimum absolute atomic E-state index is 0.145. The Morgan fingerprint density at radius 2 is 2.33 bits per heavy atom. The number of nitrogens with zero attached hydrogens (tertiary/aromatic N) is 2. The second kappa shape index (κ2) is 5.63. The summed E-state index contributed by atoms with van der Waals surface area (Å²) in [7, 11) is 1.50. The first-order chi connectivity index (χ1) is 8.74. The Morgan fingerprint density at radius 3 is 2.94 bits per heavy atom. The lowest BCUT2D eigenvalue weighted by Crippen LogP contribution is -2.00. The van der Waals surface area contributed by atoms with Gasteiger partial charge >= 0.3 is 0 Å². The lowest BCUT2D eigenvalue weighted by Gasteiger charge is -2.11. The predicted molar refractivity (Wildman–Crippen MR) is 64.7 cm³/mol. The van der Waals surface area contributed by atoms with Crippen molar-refractivity contribution in [2.24, 2.45) is 0 Å². The average molecular weight is 313 g/mol. The molecule has 0 N–H and O–H groups in total. The van der Waals surface area contributed by atoms with Gasteiger partial charge < -0.3 is 14.0 Å². The Kier molecular flexibility index (Phi) is 3.93. The van der Waals surface area contributed by atoms with Crippen LogP contribution in [0.5, 0.6) is 11.5 Å². The van der Waals surface area contributed by atoms with Crippen LogP contribution >= 0.6 is 15.9 Å². The lowest BCUT2D eigenvalue weighted by atomic mass is 10.2. The summed E-state index contributed by atoms with van der Waals surface area (Å²) in [5.41, 5.74) is 0.491. The van der Waals surface area contributed by atoms with E-state index in [1.54, 1.807) is 12.1 Å². The molecule has 0 unspecified atom stereocenters. The molecule has 0 saturated heterocycles. The molecule has 0 aliphatic heterocycles. The first-order valence-corrected chi connectivity index (χ1v) is 5.74. The van der Waals surface area contributed by atoms with Gasteiger partial charge in [-0.15, -0.1) is 0 Å². The number of benzene rings is 1. The molecule has 2 rings (SSSR count). The molecule has 0 atom stereocenters. The third-order valence-electron chi connectivity index (χ3n) is 2.14. The summed E-state index contributed by atoms with van der Waals surface area (Å²) in [6.07, 6.45) is 1.96. The van der Waals surface area contributed by atoms with Crippen LogP contribution in [0.1, 0.15) is 16.2 Å². The van der Waals surface area contributed by atoms with Gasteiger partial charge in [-0.05, 0) is 28.1 Å². The van der Waals surface area contributed by atoms with Gasteiger partial charge in [-0.1, -0.05) is 5.16 Å². The highest BCUT2D eigenvalue weighted by Gasteiger charge is 2.12. The number of hydrogen-bond donors (Lipinski definition) is 0. The Labute approximate surface area is 111 Å². The molecule has 0 aliphatic rings. The zero-order valence-corrected chi connectivity index (χ0v) is 11.0. The van der Waals surface area contributed by atoms with E-state index in [9.17, 15) is 4.79 Å². The standard InChI is InChI=1S/C11H9BrN2O4/c1-16-9-3-7(4-15)2-8(12)11(9)17-5-10-13-6-18-14-10/h2-4,6H,5H2,1H3. The zero-order chi connectivity index (χ0) is 13.0. The van der Waals surface area contributed by atoms with Crippen LogP contribution in [0.3, 0.4) is 0 Å². The number of ether oxygens (including phenoxy) is 2. The van der Waals surface area contributed by atoms with Crippen LogP contribution in [-0.2, 0) is 6.61 Å². The van der Waals surface area contributed by atoms with Gasteiger partial charge in [-0.3, -0.25) is 4.79 Å². The topological polar surface area (TPSA) is 74.5 Å². The van der Waals surface area contributed by atoms with Gasteiger partial charge in [0.15, 0.2) is 18.1 Å². The van der Waals surface area contributed by atoms with Crippen LogP contribution in [0.4, 0.5) is 0 Å². The van der Waals surface area contributed by atoms with Crippen LogP contribution in [0.2, 0.25) is 0 Å². The maximum absolute atomic E-state index is 10.7. The van der Waals surface area contributed by atoms with Crippen molar-refractivity contribution in [1.82, 2.24) is 10.1 Å². The fourth-order valence-corrected chi connectivity index (χ4v) is 1.91. The van der Waals surface area contributed by atoms with Crippen molar-refractivity contribution in [1.29, 1.82) is 0 Å². The third-order valence-corrected chi connectivity index (χ3v) is 2.73. The minimum Gasteiger partial charge on any atom is -0.493 e. The van der Waals surface area contributed by atoms with E-state index in [1.807, 2.05) is 0 Å². The minimum atomic E-state index is 0.145. The first kappa shape index (κ1) is 12.6. The van der Waals surface area contributed by atoms with E-state index in [0.717, 1.165) is 6.29 Å². The van der Waals surface area contributed by atoms with Crippen LogP contribution in [0.15, 0.2) is 27.5 Å². The van der Waals surface area contributed by atoms with Crippen LogP contribution in [0, 0.1) is 0 Å². The number of hydrogen-bond acceptors (Lipinski definition) is 6. The summed E-state index contributed by atoms with van der Waals surface area (Å²) in [6.45, 7) is 0.145.